The lowest BCUT2D eigenvalue weighted by Gasteiger charge is -2.43. The van der Waals surface area contributed by atoms with Crippen LogP contribution in [0.25, 0.3) is 0 Å². The number of aliphatic hydroxyl groups excluding tert-OH is 3. The number of ether oxygens (including phenoxy) is 1. The van der Waals surface area contributed by atoms with Gasteiger partial charge in [-0.15, -0.1) is 0 Å². The van der Waals surface area contributed by atoms with Crippen LogP contribution < -0.4 is 16.4 Å². The summed E-state index contributed by atoms with van der Waals surface area (Å²) in [4.78, 5) is 66.9. The molecule has 0 aromatic heterocycles. The van der Waals surface area contributed by atoms with Gasteiger partial charge < -0.3 is 51.7 Å². The first-order valence-electron chi connectivity index (χ1n) is 16.6. The summed E-state index contributed by atoms with van der Waals surface area (Å²) in [5.74, 6) is -5.01. The van der Waals surface area contributed by atoms with E-state index in [1.165, 1.54) is 0 Å². The van der Waals surface area contributed by atoms with Crippen LogP contribution in [0.5, 0.6) is 0 Å². The molecule has 0 radical (unpaired) electrons. The van der Waals surface area contributed by atoms with Crippen LogP contribution >= 0.6 is 12.6 Å². The molecule has 0 aromatic carbocycles. The minimum atomic E-state index is -1.22. The van der Waals surface area contributed by atoms with Gasteiger partial charge in [-0.25, -0.2) is 0 Å². The number of aliphatic carboxylic acids is 3. The summed E-state index contributed by atoms with van der Waals surface area (Å²) in [6.45, 7) is 5.28. The third-order valence-corrected chi connectivity index (χ3v) is 9.06. The van der Waals surface area contributed by atoms with Crippen LogP contribution in [-0.2, 0) is 33.5 Å². The van der Waals surface area contributed by atoms with E-state index in [1.54, 1.807) is 0 Å². The number of carbonyl (C=O) groups excluding carboxylic acids is 3. The van der Waals surface area contributed by atoms with Gasteiger partial charge in [0.05, 0.1) is 30.7 Å². The van der Waals surface area contributed by atoms with E-state index in [2.05, 4.69) is 36.3 Å². The van der Waals surface area contributed by atoms with Crippen molar-refractivity contribution in [2.45, 2.75) is 109 Å². The number of nitrogens with two attached hydrogens (primary N) is 1. The smallest absolute Gasteiger partial charge is 0.322 e. The topological polar surface area (TPSA) is 283 Å². The summed E-state index contributed by atoms with van der Waals surface area (Å²) in [6, 6.07) is -2.15. The highest BCUT2D eigenvalue weighted by molar-refractivity contribution is 7.80. The van der Waals surface area contributed by atoms with E-state index in [0.717, 1.165) is 5.57 Å². The summed E-state index contributed by atoms with van der Waals surface area (Å²) in [5, 5.41) is 60.4. The molecule has 0 saturated carbocycles. The number of amides is 2. The molecule has 10 N–H and O–H groups in total. The van der Waals surface area contributed by atoms with E-state index in [0.29, 0.717) is 25.7 Å². The van der Waals surface area contributed by atoms with E-state index in [9.17, 15) is 44.1 Å². The van der Waals surface area contributed by atoms with Crippen molar-refractivity contribution in [3.63, 3.8) is 0 Å². The van der Waals surface area contributed by atoms with Crippen molar-refractivity contribution in [2.75, 3.05) is 12.3 Å². The SMILES string of the molecule is CC[C@H](C)C(=O)O[C@H]1C[C@H](O)C=C2C=C[C@H](C)[C@H](CC[C@@H](O)C[C@@H](O)CC(=O)O)[C@H]21.NC(CCC(=O)NC(CS)C(=O)NCC(=O)O)C(=O)O. The first-order chi connectivity index (χ1) is 23.4. The molecule has 2 aliphatic carbocycles. The van der Waals surface area contributed by atoms with E-state index in [1.807, 2.05) is 26.0 Å². The second kappa shape index (κ2) is 22.3. The normalized spacial score (nSPS) is 24.0. The standard InChI is InChI=1S/C23H36O7.C10H17N3O6S/c1-4-13(2)23(29)30-20-11-17(25)9-15-6-5-14(3)19(22(15)20)8-7-16(24)10-18(26)12-21(27)28;11-5(10(18)19)1-2-7(14)13-6(4-20)9(17)12-3-8(15)16/h5-6,9,13-14,16-20,22,24-26H,4,7-8,10-12H2,1-3H3,(H,27,28);5-6,20H,1-4,11H2,(H,12,17)(H,13,14)(H,15,16)(H,18,19)/t13-,14-,16+,17+,18+,19-,20-,22-;/m0./s1. The zero-order valence-corrected chi connectivity index (χ0v) is 29.5. The molecule has 50 heavy (non-hydrogen) atoms. The summed E-state index contributed by atoms with van der Waals surface area (Å²) < 4.78 is 5.84. The van der Waals surface area contributed by atoms with Crippen LogP contribution in [-0.4, -0.2) is 115 Å². The Morgan fingerprint density at radius 1 is 1.06 bits per heavy atom. The Kier molecular flexibility index (Phi) is 19.9. The predicted molar refractivity (Wildman–Crippen MR) is 183 cm³/mol. The van der Waals surface area contributed by atoms with Gasteiger partial charge in [0.1, 0.15) is 24.7 Å². The number of allylic oxidation sites excluding steroid dienone is 2. The van der Waals surface area contributed by atoms with Crippen LogP contribution in [0.3, 0.4) is 0 Å². The van der Waals surface area contributed by atoms with Crippen LogP contribution in [0.15, 0.2) is 23.8 Å². The van der Waals surface area contributed by atoms with Gasteiger partial charge in [-0.2, -0.15) is 12.6 Å². The predicted octanol–water partition coefficient (Wildman–Crippen LogP) is 0.234. The number of thiol groups is 1. The number of carboxylic acid groups (broad SMARTS) is 3. The average Bonchev–Trinajstić information content (AvgIpc) is 3.03. The molecular formula is C33H53N3O13S. The largest absolute Gasteiger partial charge is 0.481 e. The first kappa shape index (κ1) is 44.5. The minimum absolute atomic E-state index is 0.0156. The van der Waals surface area contributed by atoms with Crippen molar-refractivity contribution in [1.82, 2.24) is 10.6 Å². The molecule has 10 atom stereocenters. The molecule has 0 spiro atoms. The summed E-state index contributed by atoms with van der Waals surface area (Å²) in [5.41, 5.74) is 6.19. The summed E-state index contributed by atoms with van der Waals surface area (Å²) in [6.07, 6.45) is 4.40. The van der Waals surface area contributed by atoms with Crippen LogP contribution in [0.4, 0.5) is 0 Å². The number of rotatable bonds is 19. The van der Waals surface area contributed by atoms with Crippen LogP contribution in [0.2, 0.25) is 0 Å². The molecule has 17 heteroatoms. The summed E-state index contributed by atoms with van der Waals surface area (Å²) >= 11 is 3.87. The number of hydrogen-bond acceptors (Lipinski definition) is 12. The molecule has 16 nitrogen and oxygen atoms in total. The Morgan fingerprint density at radius 3 is 2.28 bits per heavy atom. The number of esters is 1. The average molecular weight is 732 g/mol. The third-order valence-electron chi connectivity index (χ3n) is 8.69. The number of hydrogen-bond donors (Lipinski definition) is 10. The fraction of sp³-hybridized carbons (Fsp3) is 0.697. The second-order valence-corrected chi connectivity index (χ2v) is 13.1. The fourth-order valence-electron chi connectivity index (χ4n) is 5.68. The monoisotopic (exact) mass is 731 g/mol. The Balaban J connectivity index is 0.000000546. The number of carbonyl (C=O) groups is 6. The lowest BCUT2D eigenvalue weighted by molar-refractivity contribution is -0.159. The molecule has 284 valence electrons. The van der Waals surface area contributed by atoms with Gasteiger partial charge in [0.2, 0.25) is 11.8 Å². The Bertz CT molecular complexity index is 1230. The first-order valence-corrected chi connectivity index (χ1v) is 17.3. The zero-order chi connectivity index (χ0) is 38.1. The number of nitrogens with one attached hydrogen (secondary N) is 2. The maximum Gasteiger partial charge on any atom is 0.322 e. The molecule has 0 bridgehead atoms. The van der Waals surface area contributed by atoms with E-state index >= 15 is 0 Å². The Hall–Kier alpha value is -3.51. The lowest BCUT2D eigenvalue weighted by Crippen LogP contribution is -2.49. The quantitative estimate of drug-likeness (QED) is 0.0629. The highest BCUT2D eigenvalue weighted by Crippen LogP contribution is 2.44. The van der Waals surface area contributed by atoms with Gasteiger partial charge in [0, 0.05) is 24.5 Å². The van der Waals surface area contributed by atoms with Crippen molar-refractivity contribution < 1.29 is 64.1 Å². The maximum absolute atomic E-state index is 12.4. The maximum atomic E-state index is 12.4. The van der Waals surface area contributed by atoms with Gasteiger partial charge in [-0.1, -0.05) is 39.0 Å². The molecule has 2 aliphatic rings. The lowest BCUT2D eigenvalue weighted by atomic mass is 9.66. The van der Waals surface area contributed by atoms with Gasteiger partial charge in [0.25, 0.3) is 0 Å². The van der Waals surface area contributed by atoms with Crippen molar-refractivity contribution in [3.8, 4) is 0 Å². The Labute approximate surface area is 296 Å². The van der Waals surface area contributed by atoms with Crippen molar-refractivity contribution >= 4 is 48.3 Å². The number of carboxylic acids is 3. The molecule has 2 amide bonds. The molecule has 0 saturated heterocycles. The van der Waals surface area contributed by atoms with Gasteiger partial charge in [0.15, 0.2) is 0 Å². The highest BCUT2D eigenvalue weighted by Gasteiger charge is 2.42. The van der Waals surface area contributed by atoms with Crippen molar-refractivity contribution in [1.29, 1.82) is 0 Å². The molecule has 0 fully saturated rings. The number of aliphatic hydroxyl groups is 3. The van der Waals surface area contributed by atoms with E-state index in [4.69, 9.17) is 25.8 Å². The van der Waals surface area contributed by atoms with E-state index < -0.39 is 72.8 Å². The highest BCUT2D eigenvalue weighted by atomic mass is 32.1. The molecule has 0 aliphatic heterocycles. The van der Waals surface area contributed by atoms with Crippen LogP contribution in [0.1, 0.15) is 72.1 Å². The zero-order valence-electron chi connectivity index (χ0n) is 28.6. The summed E-state index contributed by atoms with van der Waals surface area (Å²) in [7, 11) is 0. The second-order valence-electron chi connectivity index (χ2n) is 12.8. The van der Waals surface area contributed by atoms with E-state index in [-0.39, 0.29) is 61.1 Å². The van der Waals surface area contributed by atoms with Crippen molar-refractivity contribution in [2.24, 2.45) is 29.4 Å². The van der Waals surface area contributed by atoms with Gasteiger partial charge >= 0.3 is 23.9 Å². The van der Waals surface area contributed by atoms with Crippen LogP contribution in [0, 0.1) is 23.7 Å². The molecular weight excluding hydrogens is 678 g/mol. The molecule has 2 unspecified atom stereocenters. The van der Waals surface area contributed by atoms with Gasteiger partial charge in [-0.3, -0.25) is 28.8 Å². The fourth-order valence-corrected chi connectivity index (χ4v) is 5.93. The molecule has 0 heterocycles. The van der Waals surface area contributed by atoms with Crippen molar-refractivity contribution in [3.05, 3.63) is 23.8 Å². The van der Waals surface area contributed by atoms with Gasteiger partial charge in [-0.05, 0) is 49.5 Å². The Morgan fingerprint density at radius 2 is 1.72 bits per heavy atom. The molecule has 2 rings (SSSR count). The number of fused-ring (bicyclic) bond motifs is 1. The third kappa shape index (κ3) is 16.0. The minimum Gasteiger partial charge on any atom is -0.481 e. The molecule has 0 aromatic rings.